The molecule has 2 saturated heterocycles. The van der Waals surface area contributed by atoms with Crippen LogP contribution in [0.15, 0.2) is 6.20 Å². The van der Waals surface area contributed by atoms with Gasteiger partial charge in [-0.2, -0.15) is 0 Å². The van der Waals surface area contributed by atoms with E-state index in [4.69, 9.17) is 0 Å². The van der Waals surface area contributed by atoms with E-state index in [1.807, 2.05) is 0 Å². The smallest absolute Gasteiger partial charge is 0.186 e. The van der Waals surface area contributed by atoms with Crippen LogP contribution in [0.1, 0.15) is 35.9 Å². The van der Waals surface area contributed by atoms with E-state index in [1.165, 1.54) is 37.1 Å². The quantitative estimate of drug-likeness (QED) is 0.767. The summed E-state index contributed by atoms with van der Waals surface area (Å²) in [6, 6.07) is 0.692. The van der Waals surface area contributed by atoms with Gasteiger partial charge in [-0.25, -0.2) is 4.98 Å². The minimum Gasteiger partial charge on any atom is -0.345 e. The maximum atomic E-state index is 11.3. The summed E-state index contributed by atoms with van der Waals surface area (Å²) in [5.41, 5.74) is 0. The molecule has 5 heteroatoms. The zero-order valence-corrected chi connectivity index (χ0v) is 11.6. The van der Waals surface area contributed by atoms with Crippen molar-refractivity contribution in [2.75, 3.05) is 31.1 Å². The van der Waals surface area contributed by atoms with Crippen LogP contribution in [0.4, 0.5) is 5.13 Å². The highest BCUT2D eigenvalue weighted by molar-refractivity contribution is 7.17. The molecule has 0 bridgehead atoms. The lowest BCUT2D eigenvalue weighted by Gasteiger charge is -2.43. The number of carbonyl (C=O) groups is 1. The number of piperidine rings is 1. The van der Waals surface area contributed by atoms with Crippen molar-refractivity contribution >= 4 is 22.3 Å². The Morgan fingerprint density at radius 3 is 3.06 bits per heavy atom. The van der Waals surface area contributed by atoms with Crippen LogP contribution in [0.3, 0.4) is 0 Å². The summed E-state index contributed by atoms with van der Waals surface area (Å²) in [5, 5.41) is 1.02. The Kier molecular flexibility index (Phi) is 3.35. The first-order chi connectivity index (χ1) is 8.74. The van der Waals surface area contributed by atoms with Gasteiger partial charge in [0.25, 0.3) is 0 Å². The van der Waals surface area contributed by atoms with Gasteiger partial charge in [-0.15, -0.1) is 0 Å². The molecule has 1 aromatic heterocycles. The van der Waals surface area contributed by atoms with Gasteiger partial charge in [0.15, 0.2) is 10.9 Å². The second-order valence-corrected chi connectivity index (χ2v) is 6.20. The molecule has 2 fully saturated rings. The van der Waals surface area contributed by atoms with Crippen molar-refractivity contribution in [3.05, 3.63) is 11.1 Å². The monoisotopic (exact) mass is 265 g/mol. The minimum atomic E-state index is 0.120. The summed E-state index contributed by atoms with van der Waals surface area (Å²) in [4.78, 5) is 21.5. The van der Waals surface area contributed by atoms with Crippen molar-refractivity contribution in [3.63, 3.8) is 0 Å². The summed E-state index contributed by atoms with van der Waals surface area (Å²) in [7, 11) is 0. The molecule has 1 atom stereocenters. The Morgan fingerprint density at radius 1 is 1.39 bits per heavy atom. The molecule has 1 unspecified atom stereocenters. The summed E-state index contributed by atoms with van der Waals surface area (Å²) in [6.45, 7) is 6.12. The molecule has 0 radical (unpaired) electrons. The molecule has 0 saturated carbocycles. The van der Waals surface area contributed by atoms with Crippen LogP contribution < -0.4 is 4.90 Å². The normalized spacial score (nSPS) is 24.9. The van der Waals surface area contributed by atoms with Crippen LogP contribution in [0.2, 0.25) is 0 Å². The van der Waals surface area contributed by atoms with Crippen LogP contribution in [-0.2, 0) is 0 Å². The average molecular weight is 265 g/mol. The first-order valence-corrected chi connectivity index (χ1v) is 7.51. The lowest BCUT2D eigenvalue weighted by molar-refractivity contribution is 0.102. The molecule has 1 aromatic rings. The predicted molar refractivity (Wildman–Crippen MR) is 73.5 cm³/mol. The highest BCUT2D eigenvalue weighted by atomic mass is 32.1. The zero-order valence-electron chi connectivity index (χ0n) is 10.8. The lowest BCUT2D eigenvalue weighted by atomic mass is 10.00. The number of piperazine rings is 1. The van der Waals surface area contributed by atoms with E-state index in [-0.39, 0.29) is 5.78 Å². The molecule has 2 aliphatic heterocycles. The second-order valence-electron chi connectivity index (χ2n) is 5.19. The van der Waals surface area contributed by atoms with Crippen molar-refractivity contribution in [2.24, 2.45) is 0 Å². The molecule has 0 aromatic carbocycles. The third-order valence-electron chi connectivity index (χ3n) is 3.95. The van der Waals surface area contributed by atoms with Gasteiger partial charge in [0.1, 0.15) is 0 Å². The first-order valence-electron chi connectivity index (χ1n) is 6.70. The topological polar surface area (TPSA) is 36.4 Å². The van der Waals surface area contributed by atoms with Gasteiger partial charge in [0.2, 0.25) is 0 Å². The fourth-order valence-electron chi connectivity index (χ4n) is 2.90. The molecular weight excluding hydrogens is 246 g/mol. The van der Waals surface area contributed by atoms with Gasteiger partial charge in [0, 0.05) is 32.6 Å². The van der Waals surface area contributed by atoms with Crippen LogP contribution in [0.25, 0.3) is 0 Å². The number of nitrogens with zero attached hydrogens (tertiary/aromatic N) is 3. The fourth-order valence-corrected chi connectivity index (χ4v) is 3.75. The molecule has 0 aliphatic carbocycles. The van der Waals surface area contributed by atoms with E-state index in [1.54, 1.807) is 13.1 Å². The average Bonchev–Trinajstić information content (AvgIpc) is 2.88. The Bertz CT molecular complexity index is 445. The highest BCUT2D eigenvalue weighted by Crippen LogP contribution is 2.28. The van der Waals surface area contributed by atoms with Crippen molar-refractivity contribution in [1.82, 2.24) is 9.88 Å². The van der Waals surface area contributed by atoms with Gasteiger partial charge in [-0.3, -0.25) is 9.69 Å². The largest absolute Gasteiger partial charge is 0.345 e. The van der Waals surface area contributed by atoms with E-state index < -0.39 is 0 Å². The fraction of sp³-hybridized carbons (Fsp3) is 0.692. The van der Waals surface area contributed by atoms with E-state index in [0.29, 0.717) is 6.04 Å². The molecule has 3 rings (SSSR count). The molecule has 0 spiro atoms. The van der Waals surface area contributed by atoms with Crippen LogP contribution in [0.5, 0.6) is 0 Å². The molecule has 98 valence electrons. The number of hydrogen-bond donors (Lipinski definition) is 0. The van der Waals surface area contributed by atoms with Crippen molar-refractivity contribution in [2.45, 2.75) is 32.2 Å². The highest BCUT2D eigenvalue weighted by Gasteiger charge is 2.30. The van der Waals surface area contributed by atoms with E-state index in [9.17, 15) is 4.79 Å². The zero-order chi connectivity index (χ0) is 12.5. The van der Waals surface area contributed by atoms with Crippen LogP contribution >= 0.6 is 11.3 Å². The number of Topliss-reactive ketones (excluding diaryl/α,β-unsaturated/α-hetero) is 1. The number of carbonyl (C=O) groups excluding carboxylic acids is 1. The number of fused-ring (bicyclic) bond motifs is 1. The SMILES string of the molecule is CC(=O)c1cnc(N2CCN3CCCCC3C2)s1. The van der Waals surface area contributed by atoms with E-state index >= 15 is 0 Å². The Hall–Kier alpha value is -0.940. The number of ketones is 1. The third kappa shape index (κ3) is 2.29. The first kappa shape index (κ1) is 12.1. The summed E-state index contributed by atoms with van der Waals surface area (Å²) < 4.78 is 0. The molecule has 2 aliphatic rings. The number of hydrogen-bond acceptors (Lipinski definition) is 5. The molecular formula is C13H19N3OS. The van der Waals surface area contributed by atoms with E-state index in [2.05, 4.69) is 14.8 Å². The van der Waals surface area contributed by atoms with E-state index in [0.717, 1.165) is 29.6 Å². The van der Waals surface area contributed by atoms with Gasteiger partial charge in [-0.1, -0.05) is 17.8 Å². The van der Waals surface area contributed by atoms with Crippen molar-refractivity contribution in [1.29, 1.82) is 0 Å². The maximum Gasteiger partial charge on any atom is 0.186 e. The minimum absolute atomic E-state index is 0.120. The second kappa shape index (κ2) is 4.97. The third-order valence-corrected chi connectivity index (χ3v) is 5.11. The Morgan fingerprint density at radius 2 is 2.28 bits per heavy atom. The molecule has 3 heterocycles. The number of anilines is 1. The van der Waals surface area contributed by atoms with Crippen LogP contribution in [0, 0.1) is 0 Å². The number of aromatic nitrogens is 1. The Balaban J connectivity index is 1.71. The van der Waals surface area contributed by atoms with Gasteiger partial charge < -0.3 is 4.90 Å². The van der Waals surface area contributed by atoms with Gasteiger partial charge in [-0.05, 0) is 19.4 Å². The molecule has 18 heavy (non-hydrogen) atoms. The predicted octanol–water partition coefficient (Wildman–Crippen LogP) is 2.02. The van der Waals surface area contributed by atoms with Gasteiger partial charge >= 0.3 is 0 Å². The van der Waals surface area contributed by atoms with Crippen molar-refractivity contribution in [3.8, 4) is 0 Å². The van der Waals surface area contributed by atoms with Crippen molar-refractivity contribution < 1.29 is 4.79 Å². The van der Waals surface area contributed by atoms with Gasteiger partial charge in [0.05, 0.1) is 11.1 Å². The maximum absolute atomic E-state index is 11.3. The number of rotatable bonds is 2. The molecule has 0 amide bonds. The Labute approximate surface area is 112 Å². The summed E-state index contributed by atoms with van der Waals surface area (Å²) >= 11 is 1.53. The summed E-state index contributed by atoms with van der Waals surface area (Å²) in [5.74, 6) is 0.120. The lowest BCUT2D eigenvalue weighted by Crippen LogP contribution is -2.54. The molecule has 0 N–H and O–H groups in total. The van der Waals surface area contributed by atoms with Crippen LogP contribution in [-0.4, -0.2) is 47.9 Å². The standard InChI is InChI=1S/C13H19N3OS/c1-10(17)12-8-14-13(18-12)16-7-6-15-5-3-2-4-11(15)9-16/h8,11H,2-7,9H2,1H3. The molecule has 4 nitrogen and oxygen atoms in total. The summed E-state index contributed by atoms with van der Waals surface area (Å²) in [6.07, 6.45) is 5.73. The number of thiazole rings is 1.